The van der Waals surface area contributed by atoms with Gasteiger partial charge >= 0.3 is 5.97 Å². The van der Waals surface area contributed by atoms with Gasteiger partial charge in [0.25, 0.3) is 5.91 Å². The molecule has 0 fully saturated rings. The smallest absolute Gasteiger partial charge is 0.305 e. The molecule has 96 valence electrons. The van der Waals surface area contributed by atoms with E-state index in [0.717, 1.165) is 4.90 Å². The highest BCUT2D eigenvalue weighted by Gasteiger charge is 2.22. The van der Waals surface area contributed by atoms with Gasteiger partial charge in [0.1, 0.15) is 0 Å². The number of carboxylic acid groups (broad SMARTS) is 1. The van der Waals surface area contributed by atoms with Gasteiger partial charge in [-0.3, -0.25) is 19.3 Å². The Hall–Kier alpha value is -2.21. The average Bonchev–Trinajstić information content (AvgIpc) is 2.39. The third kappa shape index (κ3) is 3.67. The Kier molecular flexibility index (Phi) is 5.01. The van der Waals surface area contributed by atoms with E-state index in [0.29, 0.717) is 5.56 Å². The first-order valence-electron chi connectivity index (χ1n) is 5.38. The third-order valence-corrected chi connectivity index (χ3v) is 2.29. The van der Waals surface area contributed by atoms with Crippen LogP contribution in [-0.4, -0.2) is 40.9 Å². The lowest BCUT2D eigenvalue weighted by molar-refractivity contribution is -0.137. The number of imide groups is 1. The minimum Gasteiger partial charge on any atom is -0.481 e. The fourth-order valence-corrected chi connectivity index (χ4v) is 1.39. The van der Waals surface area contributed by atoms with Gasteiger partial charge in [0, 0.05) is 12.1 Å². The number of amides is 2. The van der Waals surface area contributed by atoms with E-state index in [1.165, 1.54) is 0 Å². The number of carboxylic acids is 1. The zero-order valence-electron chi connectivity index (χ0n) is 9.70. The van der Waals surface area contributed by atoms with E-state index in [2.05, 4.69) is 0 Å². The Morgan fingerprint density at radius 1 is 1.17 bits per heavy atom. The van der Waals surface area contributed by atoms with Gasteiger partial charge in [-0.05, 0) is 12.1 Å². The summed E-state index contributed by atoms with van der Waals surface area (Å²) in [5.74, 6) is -2.21. The number of nitrogens with zero attached hydrogens (tertiary/aromatic N) is 1. The van der Waals surface area contributed by atoms with E-state index in [9.17, 15) is 14.4 Å². The number of carbonyl (C=O) groups excluding carboxylic acids is 2. The van der Waals surface area contributed by atoms with Gasteiger partial charge in [0.2, 0.25) is 5.91 Å². The number of aliphatic carboxylic acids is 1. The van der Waals surface area contributed by atoms with Gasteiger partial charge in [-0.2, -0.15) is 0 Å². The highest BCUT2D eigenvalue weighted by Crippen LogP contribution is 2.05. The summed E-state index contributed by atoms with van der Waals surface area (Å²) in [4.78, 5) is 34.9. The molecule has 1 aromatic carbocycles. The van der Waals surface area contributed by atoms with E-state index < -0.39 is 17.8 Å². The zero-order valence-corrected chi connectivity index (χ0v) is 9.70. The molecule has 6 nitrogen and oxygen atoms in total. The molecule has 0 aliphatic carbocycles. The fraction of sp³-hybridized carbons (Fsp3) is 0.250. The standard InChI is InChI=1S/C12H14N2O4/c13-8-10(15)14(7-6-11(16)17)12(18)9-4-2-1-3-5-9/h1-5H,6-8,13H2,(H,16,17). The van der Waals surface area contributed by atoms with Crippen LogP contribution in [0.25, 0.3) is 0 Å². The second-order valence-electron chi connectivity index (χ2n) is 3.56. The Labute approximate surface area is 104 Å². The lowest BCUT2D eigenvalue weighted by Crippen LogP contribution is -2.41. The summed E-state index contributed by atoms with van der Waals surface area (Å²) in [5, 5.41) is 8.59. The maximum atomic E-state index is 12.0. The molecular weight excluding hydrogens is 236 g/mol. The second-order valence-corrected chi connectivity index (χ2v) is 3.56. The molecule has 18 heavy (non-hydrogen) atoms. The van der Waals surface area contributed by atoms with E-state index in [1.807, 2.05) is 0 Å². The molecule has 0 unspecified atom stereocenters. The van der Waals surface area contributed by atoms with Crippen molar-refractivity contribution >= 4 is 17.8 Å². The molecule has 3 N–H and O–H groups in total. The molecule has 0 bridgehead atoms. The lowest BCUT2D eigenvalue weighted by Gasteiger charge is -2.19. The van der Waals surface area contributed by atoms with Crippen LogP contribution in [0.3, 0.4) is 0 Å². The normalized spacial score (nSPS) is 9.83. The molecular formula is C12H14N2O4. The predicted octanol–water partition coefficient (Wildman–Crippen LogP) is 0.0888. The molecule has 0 spiro atoms. The molecule has 1 rings (SSSR count). The molecule has 6 heteroatoms. The van der Waals surface area contributed by atoms with Gasteiger partial charge in [0.15, 0.2) is 0 Å². The zero-order chi connectivity index (χ0) is 13.5. The van der Waals surface area contributed by atoms with Gasteiger partial charge in [-0.25, -0.2) is 0 Å². The number of nitrogens with two attached hydrogens (primary N) is 1. The molecule has 0 heterocycles. The van der Waals surface area contributed by atoms with E-state index >= 15 is 0 Å². The highest BCUT2D eigenvalue weighted by atomic mass is 16.4. The van der Waals surface area contributed by atoms with Crippen molar-refractivity contribution in [1.82, 2.24) is 4.90 Å². The summed E-state index contributed by atoms with van der Waals surface area (Å²) in [6.45, 7) is -0.517. The topological polar surface area (TPSA) is 101 Å². The van der Waals surface area contributed by atoms with E-state index in [4.69, 9.17) is 10.8 Å². The van der Waals surface area contributed by atoms with Gasteiger partial charge < -0.3 is 10.8 Å². The molecule has 0 aliphatic heterocycles. The van der Waals surface area contributed by atoms with Crippen LogP contribution in [0.15, 0.2) is 30.3 Å². The Morgan fingerprint density at radius 3 is 2.28 bits per heavy atom. The van der Waals surface area contributed by atoms with Crippen molar-refractivity contribution < 1.29 is 19.5 Å². The van der Waals surface area contributed by atoms with Crippen LogP contribution in [0.1, 0.15) is 16.8 Å². The van der Waals surface area contributed by atoms with Crippen LogP contribution in [0, 0.1) is 0 Å². The number of hydrogen-bond acceptors (Lipinski definition) is 4. The van der Waals surface area contributed by atoms with E-state index in [1.54, 1.807) is 30.3 Å². The molecule has 0 aromatic heterocycles. The summed E-state index contributed by atoms with van der Waals surface area (Å²) >= 11 is 0. The number of hydrogen-bond donors (Lipinski definition) is 2. The first kappa shape index (κ1) is 13.9. The fourth-order valence-electron chi connectivity index (χ4n) is 1.39. The van der Waals surface area contributed by atoms with Gasteiger partial charge in [-0.1, -0.05) is 18.2 Å². The van der Waals surface area contributed by atoms with Crippen LogP contribution in [0.5, 0.6) is 0 Å². The van der Waals surface area contributed by atoms with Crippen molar-refractivity contribution in [3.63, 3.8) is 0 Å². The first-order chi connectivity index (χ1) is 8.56. The lowest BCUT2D eigenvalue weighted by atomic mass is 10.2. The summed E-state index contributed by atoms with van der Waals surface area (Å²) < 4.78 is 0. The largest absolute Gasteiger partial charge is 0.481 e. The highest BCUT2D eigenvalue weighted by molar-refractivity contribution is 6.05. The number of rotatable bonds is 5. The van der Waals surface area contributed by atoms with E-state index in [-0.39, 0.29) is 19.5 Å². The minimum atomic E-state index is -1.08. The third-order valence-electron chi connectivity index (χ3n) is 2.29. The summed E-state index contributed by atoms with van der Waals surface area (Å²) in [6, 6.07) is 8.17. The summed E-state index contributed by atoms with van der Waals surface area (Å²) in [6.07, 6.45) is -0.301. The van der Waals surface area contributed by atoms with Crippen LogP contribution in [-0.2, 0) is 9.59 Å². The maximum Gasteiger partial charge on any atom is 0.305 e. The van der Waals surface area contributed by atoms with Crippen molar-refractivity contribution in [2.75, 3.05) is 13.1 Å². The second kappa shape index (κ2) is 6.51. The number of benzene rings is 1. The molecule has 1 aromatic rings. The average molecular weight is 250 g/mol. The number of carbonyl (C=O) groups is 3. The van der Waals surface area contributed by atoms with Crippen LogP contribution >= 0.6 is 0 Å². The maximum absolute atomic E-state index is 12.0. The van der Waals surface area contributed by atoms with Crippen molar-refractivity contribution in [1.29, 1.82) is 0 Å². The Balaban J connectivity index is 2.86. The summed E-state index contributed by atoms with van der Waals surface area (Å²) in [7, 11) is 0. The van der Waals surface area contributed by atoms with Crippen LogP contribution in [0.2, 0.25) is 0 Å². The summed E-state index contributed by atoms with van der Waals surface area (Å²) in [5.41, 5.74) is 5.53. The molecule has 2 amide bonds. The van der Waals surface area contributed by atoms with Crippen LogP contribution in [0.4, 0.5) is 0 Å². The van der Waals surface area contributed by atoms with Gasteiger partial charge in [-0.15, -0.1) is 0 Å². The quantitative estimate of drug-likeness (QED) is 0.771. The first-order valence-corrected chi connectivity index (χ1v) is 5.38. The Bertz CT molecular complexity index is 445. The Morgan fingerprint density at radius 2 is 1.78 bits per heavy atom. The van der Waals surface area contributed by atoms with Crippen molar-refractivity contribution in [2.24, 2.45) is 5.73 Å². The van der Waals surface area contributed by atoms with Gasteiger partial charge in [0.05, 0.1) is 13.0 Å². The van der Waals surface area contributed by atoms with Crippen molar-refractivity contribution in [3.8, 4) is 0 Å². The van der Waals surface area contributed by atoms with Crippen molar-refractivity contribution in [3.05, 3.63) is 35.9 Å². The monoisotopic (exact) mass is 250 g/mol. The molecule has 0 aliphatic rings. The SMILES string of the molecule is NCC(=O)N(CCC(=O)O)C(=O)c1ccccc1. The van der Waals surface area contributed by atoms with Crippen molar-refractivity contribution in [2.45, 2.75) is 6.42 Å². The molecule has 0 radical (unpaired) electrons. The molecule has 0 atom stereocenters. The molecule has 0 saturated heterocycles. The predicted molar refractivity (Wildman–Crippen MR) is 63.8 cm³/mol. The minimum absolute atomic E-state index is 0.181. The molecule has 0 saturated carbocycles. The van der Waals surface area contributed by atoms with Crippen LogP contribution < -0.4 is 5.73 Å².